The number of ether oxygens (including phenoxy) is 1. The van der Waals surface area contributed by atoms with Gasteiger partial charge in [-0.25, -0.2) is 0 Å². The summed E-state index contributed by atoms with van der Waals surface area (Å²) in [7, 11) is 0. The Balaban J connectivity index is 1.24. The number of nitrogens with one attached hydrogen (secondary N) is 3. The Morgan fingerprint density at radius 2 is 1.58 bits per heavy atom. The maximum absolute atomic E-state index is 12.7. The first kappa shape index (κ1) is 25.4. The van der Waals surface area contributed by atoms with Gasteiger partial charge in [-0.1, -0.05) is 55.7 Å². The normalized spacial score (nSPS) is 13.4. The summed E-state index contributed by atoms with van der Waals surface area (Å²) < 4.78 is 5.82. The van der Waals surface area contributed by atoms with E-state index >= 15 is 0 Å². The summed E-state index contributed by atoms with van der Waals surface area (Å²) >= 11 is 5.31. The molecule has 0 aliphatic heterocycles. The van der Waals surface area contributed by atoms with Crippen LogP contribution in [0.5, 0.6) is 5.75 Å². The van der Waals surface area contributed by atoms with E-state index in [1.165, 1.54) is 24.8 Å². The monoisotopic (exact) mass is 501 g/mol. The quantitative estimate of drug-likeness (QED) is 0.355. The molecule has 1 fully saturated rings. The van der Waals surface area contributed by atoms with E-state index in [9.17, 15) is 9.59 Å². The molecule has 3 aromatic carbocycles. The molecule has 3 aromatic rings. The minimum atomic E-state index is -0.329. The summed E-state index contributed by atoms with van der Waals surface area (Å²) in [5, 5.41) is 8.97. The zero-order valence-electron chi connectivity index (χ0n) is 20.2. The predicted octanol–water partition coefficient (Wildman–Crippen LogP) is 5.50. The highest BCUT2D eigenvalue weighted by molar-refractivity contribution is 7.80. The van der Waals surface area contributed by atoms with Gasteiger partial charge in [-0.05, 0) is 73.1 Å². The first-order valence-electron chi connectivity index (χ1n) is 12.4. The van der Waals surface area contributed by atoms with Gasteiger partial charge in [0.1, 0.15) is 5.75 Å². The Morgan fingerprint density at radius 3 is 2.33 bits per heavy atom. The summed E-state index contributed by atoms with van der Waals surface area (Å²) in [5.41, 5.74) is 2.93. The first-order chi connectivity index (χ1) is 17.6. The molecule has 36 heavy (non-hydrogen) atoms. The highest BCUT2D eigenvalue weighted by Gasteiger charge is 2.16. The number of amides is 2. The lowest BCUT2D eigenvalue weighted by molar-refractivity contribution is 0.0926. The van der Waals surface area contributed by atoms with E-state index in [-0.39, 0.29) is 23.0 Å². The summed E-state index contributed by atoms with van der Waals surface area (Å²) in [6.07, 6.45) is 6.46. The number of anilines is 1. The molecule has 0 unspecified atom stereocenters. The third-order valence-electron chi connectivity index (χ3n) is 6.17. The third-order valence-corrected chi connectivity index (χ3v) is 6.38. The van der Waals surface area contributed by atoms with Crippen LogP contribution in [0.25, 0.3) is 0 Å². The van der Waals surface area contributed by atoms with E-state index in [0.29, 0.717) is 29.2 Å². The summed E-state index contributed by atoms with van der Waals surface area (Å²) in [4.78, 5) is 25.2. The van der Waals surface area contributed by atoms with Crippen molar-refractivity contribution in [2.45, 2.75) is 44.6 Å². The minimum Gasteiger partial charge on any atom is -0.493 e. The summed E-state index contributed by atoms with van der Waals surface area (Å²) in [6.45, 7) is 0.518. The van der Waals surface area contributed by atoms with E-state index in [4.69, 9.17) is 17.0 Å². The van der Waals surface area contributed by atoms with E-state index in [2.05, 4.69) is 28.1 Å². The topological polar surface area (TPSA) is 79.5 Å². The lowest BCUT2D eigenvalue weighted by Gasteiger charge is -2.22. The number of thiocarbonyl (C=S) groups is 1. The van der Waals surface area contributed by atoms with Gasteiger partial charge in [0.25, 0.3) is 11.8 Å². The molecule has 7 heteroatoms. The average molecular weight is 502 g/mol. The molecule has 4 rings (SSSR count). The molecule has 0 spiro atoms. The van der Waals surface area contributed by atoms with E-state index < -0.39 is 0 Å². The summed E-state index contributed by atoms with van der Waals surface area (Å²) in [5.74, 6) is 0.235. The molecule has 6 nitrogen and oxygen atoms in total. The summed E-state index contributed by atoms with van der Waals surface area (Å²) in [6, 6.07) is 24.4. The van der Waals surface area contributed by atoms with Gasteiger partial charge in [0.2, 0.25) is 0 Å². The first-order valence-corrected chi connectivity index (χ1v) is 12.8. The Labute approximate surface area is 217 Å². The molecule has 3 N–H and O–H groups in total. The lowest BCUT2D eigenvalue weighted by Crippen LogP contribution is -2.36. The van der Waals surface area contributed by atoms with Crippen LogP contribution in [0.1, 0.15) is 58.4 Å². The fourth-order valence-electron chi connectivity index (χ4n) is 4.22. The van der Waals surface area contributed by atoms with E-state index in [1.807, 2.05) is 24.3 Å². The Morgan fingerprint density at radius 1 is 0.833 bits per heavy atom. The third kappa shape index (κ3) is 7.65. The number of carbonyl (C=O) groups is 2. The van der Waals surface area contributed by atoms with Gasteiger partial charge in [0, 0.05) is 29.3 Å². The van der Waals surface area contributed by atoms with Crippen LogP contribution in [0.4, 0.5) is 5.69 Å². The van der Waals surface area contributed by atoms with Crippen LogP contribution in [-0.4, -0.2) is 29.6 Å². The average Bonchev–Trinajstić information content (AvgIpc) is 2.90. The van der Waals surface area contributed by atoms with Gasteiger partial charge >= 0.3 is 0 Å². The molecule has 1 aliphatic carbocycles. The fourth-order valence-corrected chi connectivity index (χ4v) is 4.43. The van der Waals surface area contributed by atoms with E-state index in [0.717, 1.165) is 19.3 Å². The van der Waals surface area contributed by atoms with Gasteiger partial charge in [-0.15, -0.1) is 0 Å². The fraction of sp³-hybridized carbons (Fsp3) is 0.276. The number of hydrogen-bond acceptors (Lipinski definition) is 4. The van der Waals surface area contributed by atoms with Gasteiger partial charge in [-0.3, -0.25) is 14.9 Å². The zero-order valence-corrected chi connectivity index (χ0v) is 21.0. The van der Waals surface area contributed by atoms with Crippen molar-refractivity contribution >= 4 is 34.8 Å². The van der Waals surface area contributed by atoms with Crippen molar-refractivity contribution in [1.29, 1.82) is 0 Å². The molecule has 2 amide bonds. The van der Waals surface area contributed by atoms with Crippen LogP contribution >= 0.6 is 12.2 Å². The largest absolute Gasteiger partial charge is 0.493 e. The van der Waals surface area contributed by atoms with Crippen LogP contribution in [0.3, 0.4) is 0 Å². The van der Waals surface area contributed by atoms with Crippen molar-refractivity contribution in [2.75, 3.05) is 11.9 Å². The van der Waals surface area contributed by atoms with Crippen molar-refractivity contribution in [3.8, 4) is 5.75 Å². The van der Waals surface area contributed by atoms with Gasteiger partial charge < -0.3 is 15.4 Å². The Kier molecular flexibility index (Phi) is 9.05. The molecule has 1 saturated carbocycles. The number of hydrogen-bond donors (Lipinski definition) is 3. The molecule has 186 valence electrons. The molecule has 0 atom stereocenters. The highest BCUT2D eigenvalue weighted by Crippen LogP contribution is 2.18. The minimum absolute atomic E-state index is 0.0600. The lowest BCUT2D eigenvalue weighted by atomic mass is 9.95. The van der Waals surface area contributed by atoms with Crippen molar-refractivity contribution in [2.24, 2.45) is 0 Å². The maximum Gasteiger partial charge on any atom is 0.257 e. The van der Waals surface area contributed by atoms with Crippen LogP contribution in [0.2, 0.25) is 0 Å². The van der Waals surface area contributed by atoms with Gasteiger partial charge in [0.05, 0.1) is 6.61 Å². The SMILES string of the molecule is O=C(NC(=S)Nc1ccc(C(=O)NC2CCCCC2)cc1)c1cccc(OCCc2ccccc2)c1. The Bertz CT molecular complexity index is 1180. The van der Waals surface area contributed by atoms with E-state index in [1.54, 1.807) is 42.5 Å². The van der Waals surface area contributed by atoms with Crippen LogP contribution < -0.4 is 20.7 Å². The van der Waals surface area contributed by atoms with Crippen LogP contribution in [-0.2, 0) is 6.42 Å². The van der Waals surface area contributed by atoms with Crippen molar-refractivity contribution in [1.82, 2.24) is 10.6 Å². The molecule has 0 saturated heterocycles. The molecular formula is C29H31N3O3S. The Hall–Kier alpha value is -3.71. The zero-order chi connectivity index (χ0) is 25.2. The molecular weight excluding hydrogens is 470 g/mol. The maximum atomic E-state index is 12.7. The number of carbonyl (C=O) groups excluding carboxylic acids is 2. The number of rotatable bonds is 8. The number of benzene rings is 3. The van der Waals surface area contributed by atoms with Crippen molar-refractivity contribution in [3.63, 3.8) is 0 Å². The molecule has 0 heterocycles. The van der Waals surface area contributed by atoms with Crippen molar-refractivity contribution in [3.05, 3.63) is 95.6 Å². The molecule has 0 aromatic heterocycles. The van der Waals surface area contributed by atoms with Gasteiger partial charge in [0.15, 0.2) is 5.11 Å². The molecule has 0 bridgehead atoms. The second-order valence-corrected chi connectivity index (χ2v) is 9.31. The molecule has 1 aliphatic rings. The van der Waals surface area contributed by atoms with Gasteiger partial charge in [-0.2, -0.15) is 0 Å². The highest BCUT2D eigenvalue weighted by atomic mass is 32.1. The van der Waals surface area contributed by atoms with Crippen molar-refractivity contribution < 1.29 is 14.3 Å². The second-order valence-electron chi connectivity index (χ2n) is 8.91. The van der Waals surface area contributed by atoms with Crippen LogP contribution in [0, 0.1) is 0 Å². The standard InChI is InChI=1S/C29H31N3O3S/c33-27(30-24-11-5-2-6-12-24)22-14-16-25(17-15-22)31-29(36)32-28(34)23-10-7-13-26(20-23)35-19-18-21-8-3-1-4-9-21/h1,3-4,7-10,13-17,20,24H,2,5-6,11-12,18-19H2,(H,30,33)(H2,31,32,34,36). The smallest absolute Gasteiger partial charge is 0.257 e. The van der Waals surface area contributed by atoms with Crippen LogP contribution in [0.15, 0.2) is 78.9 Å². The predicted molar refractivity (Wildman–Crippen MR) is 147 cm³/mol. The molecule has 0 radical (unpaired) electrons. The second kappa shape index (κ2) is 12.8.